The molecule has 2 aromatic heterocycles. The molecule has 0 aliphatic heterocycles. The molecule has 1 amide bonds. The number of benzene rings is 1. The van der Waals surface area contributed by atoms with Crippen LogP contribution in [0.4, 0.5) is 5.69 Å². The van der Waals surface area contributed by atoms with Crippen LogP contribution in [0, 0.1) is 0 Å². The number of fused-ring (bicyclic) bond motifs is 1. The molecule has 0 fully saturated rings. The summed E-state index contributed by atoms with van der Waals surface area (Å²) in [5.41, 5.74) is 1.75. The fourth-order valence-electron chi connectivity index (χ4n) is 2.29. The lowest BCUT2D eigenvalue weighted by atomic mass is 10.2. The molecule has 1 N–H and O–H groups in total. The first-order chi connectivity index (χ1) is 11.1. The van der Waals surface area contributed by atoms with Gasteiger partial charge < -0.3 is 9.73 Å². The van der Waals surface area contributed by atoms with E-state index in [1.54, 1.807) is 42.2 Å². The Hall–Kier alpha value is -3.15. The Kier molecular flexibility index (Phi) is 3.80. The zero-order valence-electron chi connectivity index (χ0n) is 12.7. The monoisotopic (exact) mass is 309 g/mol. The van der Waals surface area contributed by atoms with Gasteiger partial charge in [-0.15, -0.1) is 0 Å². The zero-order chi connectivity index (χ0) is 16.4. The minimum atomic E-state index is -0.347. The van der Waals surface area contributed by atoms with E-state index in [0.717, 1.165) is 5.69 Å². The molecule has 2 heterocycles. The van der Waals surface area contributed by atoms with Gasteiger partial charge in [-0.05, 0) is 24.3 Å². The Labute approximate surface area is 132 Å². The number of para-hydroxylation sites is 1. The number of carbonyl (C=O) groups is 2. The summed E-state index contributed by atoms with van der Waals surface area (Å²) < 4.78 is 7.18. The van der Waals surface area contributed by atoms with Gasteiger partial charge in [0.1, 0.15) is 5.58 Å². The quantitative estimate of drug-likeness (QED) is 0.593. The van der Waals surface area contributed by atoms with Gasteiger partial charge in [0.2, 0.25) is 5.91 Å². The van der Waals surface area contributed by atoms with Gasteiger partial charge in [0.05, 0.1) is 11.4 Å². The molecule has 0 saturated heterocycles. The molecular formula is C17H15N3O3. The highest BCUT2D eigenvalue weighted by molar-refractivity contribution is 6.13. The summed E-state index contributed by atoms with van der Waals surface area (Å²) in [5, 5.41) is 7.44. The first-order valence-electron chi connectivity index (χ1n) is 7.06. The highest BCUT2D eigenvalue weighted by Crippen LogP contribution is 2.31. The van der Waals surface area contributed by atoms with Crippen molar-refractivity contribution in [3.63, 3.8) is 0 Å². The largest absolute Gasteiger partial charge is 0.451 e. The van der Waals surface area contributed by atoms with Crippen molar-refractivity contribution in [1.29, 1.82) is 0 Å². The first-order valence-corrected chi connectivity index (χ1v) is 7.06. The number of ketones is 1. The number of nitrogens with zero attached hydrogens (tertiary/aromatic N) is 2. The number of hydrogen-bond donors (Lipinski definition) is 1. The highest BCUT2D eigenvalue weighted by atomic mass is 16.3. The molecule has 6 heteroatoms. The maximum Gasteiger partial charge on any atom is 0.248 e. The normalized spacial score (nSPS) is 11.2. The maximum atomic E-state index is 12.2. The fraction of sp³-hybridized carbons (Fsp3) is 0.118. The van der Waals surface area contributed by atoms with E-state index in [1.807, 2.05) is 12.1 Å². The topological polar surface area (TPSA) is 77.1 Å². The second-order valence-electron chi connectivity index (χ2n) is 5.06. The van der Waals surface area contributed by atoms with E-state index < -0.39 is 0 Å². The van der Waals surface area contributed by atoms with E-state index in [0.29, 0.717) is 16.7 Å². The summed E-state index contributed by atoms with van der Waals surface area (Å²) in [7, 11) is 1.79. The fourth-order valence-corrected chi connectivity index (χ4v) is 2.29. The van der Waals surface area contributed by atoms with E-state index in [2.05, 4.69) is 10.4 Å². The number of aromatic nitrogens is 2. The summed E-state index contributed by atoms with van der Waals surface area (Å²) >= 11 is 0. The Balaban J connectivity index is 1.90. The van der Waals surface area contributed by atoms with Gasteiger partial charge in [-0.2, -0.15) is 5.10 Å². The highest BCUT2D eigenvalue weighted by Gasteiger charge is 2.18. The molecule has 23 heavy (non-hydrogen) atoms. The molecule has 0 spiro atoms. The van der Waals surface area contributed by atoms with Crippen LogP contribution in [0.3, 0.4) is 0 Å². The van der Waals surface area contributed by atoms with Crippen LogP contribution >= 0.6 is 0 Å². The Morgan fingerprint density at radius 1 is 1.26 bits per heavy atom. The van der Waals surface area contributed by atoms with E-state index in [-0.39, 0.29) is 17.5 Å². The van der Waals surface area contributed by atoms with E-state index in [4.69, 9.17) is 4.42 Å². The number of hydrogen-bond acceptors (Lipinski definition) is 4. The third-order valence-corrected chi connectivity index (χ3v) is 3.43. The molecule has 0 atom stereocenters. The molecule has 6 nitrogen and oxygen atoms in total. The van der Waals surface area contributed by atoms with Gasteiger partial charge in [-0.3, -0.25) is 14.3 Å². The maximum absolute atomic E-state index is 12.2. The molecule has 0 aliphatic rings. The molecule has 3 rings (SSSR count). The average molecular weight is 309 g/mol. The number of anilines is 1. The number of Topliss-reactive ketones (excluding diaryl/α,β-unsaturated/α-hetero) is 1. The summed E-state index contributed by atoms with van der Waals surface area (Å²) in [5.74, 6) is -0.444. The van der Waals surface area contributed by atoms with Gasteiger partial charge in [0.25, 0.3) is 0 Å². The molecule has 0 bridgehead atoms. The van der Waals surface area contributed by atoms with Crippen molar-refractivity contribution >= 4 is 34.4 Å². The van der Waals surface area contributed by atoms with Crippen LogP contribution in [-0.4, -0.2) is 21.5 Å². The third-order valence-electron chi connectivity index (χ3n) is 3.43. The van der Waals surface area contributed by atoms with E-state index in [1.165, 1.54) is 13.0 Å². The van der Waals surface area contributed by atoms with Crippen LogP contribution in [-0.2, 0) is 11.8 Å². The molecule has 0 saturated carbocycles. The van der Waals surface area contributed by atoms with Crippen LogP contribution in [0.2, 0.25) is 0 Å². The summed E-state index contributed by atoms with van der Waals surface area (Å²) in [6.45, 7) is 1.40. The van der Waals surface area contributed by atoms with E-state index >= 15 is 0 Å². The van der Waals surface area contributed by atoms with Crippen LogP contribution in [0.5, 0.6) is 0 Å². The Morgan fingerprint density at radius 2 is 2.04 bits per heavy atom. The van der Waals surface area contributed by atoms with Gasteiger partial charge in [-0.1, -0.05) is 12.1 Å². The lowest BCUT2D eigenvalue weighted by Gasteiger charge is -2.01. The number of aryl methyl sites for hydroxylation is 1. The predicted molar refractivity (Wildman–Crippen MR) is 87.1 cm³/mol. The summed E-state index contributed by atoms with van der Waals surface area (Å²) in [4.78, 5) is 23.9. The van der Waals surface area contributed by atoms with Crippen molar-refractivity contribution in [3.8, 4) is 0 Å². The summed E-state index contributed by atoms with van der Waals surface area (Å²) in [6, 6.07) is 8.97. The SMILES string of the molecule is CC(=O)c1oc2ccccc2c1NC(=O)/C=C/c1ccnn1C. The van der Waals surface area contributed by atoms with Gasteiger partial charge in [-0.25, -0.2) is 0 Å². The number of carbonyl (C=O) groups excluding carboxylic acids is 2. The van der Waals surface area contributed by atoms with Crippen molar-refractivity contribution < 1.29 is 14.0 Å². The Morgan fingerprint density at radius 3 is 2.74 bits per heavy atom. The minimum Gasteiger partial charge on any atom is -0.451 e. The Bertz CT molecular complexity index is 918. The number of nitrogens with one attached hydrogen (secondary N) is 1. The zero-order valence-corrected chi connectivity index (χ0v) is 12.7. The molecular weight excluding hydrogens is 294 g/mol. The van der Waals surface area contributed by atoms with E-state index in [9.17, 15) is 9.59 Å². The third kappa shape index (κ3) is 2.91. The van der Waals surface area contributed by atoms with Crippen LogP contribution in [0.25, 0.3) is 17.0 Å². The van der Waals surface area contributed by atoms with Gasteiger partial charge >= 0.3 is 0 Å². The van der Waals surface area contributed by atoms with Crippen LogP contribution in [0.1, 0.15) is 23.2 Å². The second kappa shape index (κ2) is 5.92. The number of rotatable bonds is 4. The number of furan rings is 1. The number of amides is 1. The van der Waals surface area contributed by atoms with Crippen molar-refractivity contribution in [2.24, 2.45) is 7.05 Å². The molecule has 0 radical (unpaired) electrons. The first kappa shape index (κ1) is 14.8. The van der Waals surface area contributed by atoms with Crippen LogP contribution in [0.15, 0.2) is 47.0 Å². The van der Waals surface area contributed by atoms with Crippen molar-refractivity contribution in [1.82, 2.24) is 9.78 Å². The van der Waals surface area contributed by atoms with Gasteiger partial charge in [0, 0.05) is 31.6 Å². The van der Waals surface area contributed by atoms with Crippen molar-refractivity contribution in [3.05, 3.63) is 54.1 Å². The van der Waals surface area contributed by atoms with Crippen LogP contribution < -0.4 is 5.32 Å². The molecule has 3 aromatic rings. The lowest BCUT2D eigenvalue weighted by molar-refractivity contribution is -0.111. The summed E-state index contributed by atoms with van der Waals surface area (Å²) in [6.07, 6.45) is 4.69. The molecule has 116 valence electrons. The molecule has 0 unspecified atom stereocenters. The van der Waals surface area contributed by atoms with Crippen molar-refractivity contribution in [2.45, 2.75) is 6.92 Å². The lowest BCUT2D eigenvalue weighted by Crippen LogP contribution is -2.10. The predicted octanol–water partition coefficient (Wildman–Crippen LogP) is 3.02. The smallest absolute Gasteiger partial charge is 0.248 e. The van der Waals surface area contributed by atoms with Crippen molar-refractivity contribution in [2.75, 3.05) is 5.32 Å². The second-order valence-corrected chi connectivity index (χ2v) is 5.06. The molecule has 1 aromatic carbocycles. The molecule has 0 aliphatic carbocycles. The van der Waals surface area contributed by atoms with Gasteiger partial charge in [0.15, 0.2) is 11.5 Å². The average Bonchev–Trinajstić information content (AvgIpc) is 3.09. The minimum absolute atomic E-state index is 0.147. The standard InChI is InChI=1S/C17H15N3O3/c1-11(21)17-16(13-5-3-4-6-14(13)23-17)19-15(22)8-7-12-9-10-18-20(12)2/h3-10H,1-2H3,(H,19,22)/b8-7+.